The maximum atomic E-state index is 12.3. The van der Waals surface area contributed by atoms with Gasteiger partial charge >= 0.3 is 0 Å². The van der Waals surface area contributed by atoms with E-state index in [4.69, 9.17) is 0 Å². The van der Waals surface area contributed by atoms with E-state index < -0.39 is 11.8 Å². The highest BCUT2D eigenvalue weighted by Gasteiger charge is 2.26. The minimum Gasteiger partial charge on any atom is -0.326 e. The van der Waals surface area contributed by atoms with Crippen LogP contribution in [0, 0.1) is 5.92 Å². The van der Waals surface area contributed by atoms with E-state index in [9.17, 15) is 19.2 Å². The Bertz CT molecular complexity index is 917. The molecule has 4 amide bonds. The summed E-state index contributed by atoms with van der Waals surface area (Å²) in [4.78, 5) is 47.2. The van der Waals surface area contributed by atoms with Gasteiger partial charge in [0, 0.05) is 22.9 Å². The number of benzene rings is 2. The Balaban J connectivity index is 1.71. The van der Waals surface area contributed by atoms with Crippen LogP contribution in [0.5, 0.6) is 0 Å². The van der Waals surface area contributed by atoms with Crippen LogP contribution >= 0.6 is 0 Å². The number of carbonyl (C=O) groups is 4. The number of amides is 4. The summed E-state index contributed by atoms with van der Waals surface area (Å²) >= 11 is 0. The number of fused-ring (bicyclic) bond motifs is 1. The zero-order valence-corrected chi connectivity index (χ0v) is 14.3. The summed E-state index contributed by atoms with van der Waals surface area (Å²) in [6, 6.07) is 11.0. The summed E-state index contributed by atoms with van der Waals surface area (Å²) in [7, 11) is 0. The smallest absolute Gasteiger partial charge is 0.259 e. The summed E-state index contributed by atoms with van der Waals surface area (Å²) in [5.74, 6) is -1.53. The quantitative estimate of drug-likeness (QED) is 0.736. The second-order valence-corrected chi connectivity index (χ2v) is 6.22. The fourth-order valence-corrected chi connectivity index (χ4v) is 2.44. The monoisotopic (exact) mass is 351 g/mol. The second-order valence-electron chi connectivity index (χ2n) is 6.22. The summed E-state index contributed by atoms with van der Waals surface area (Å²) in [6.45, 7) is 3.59. The van der Waals surface area contributed by atoms with E-state index in [1.54, 1.807) is 44.2 Å². The molecule has 0 saturated carbocycles. The molecule has 0 spiro atoms. The summed E-state index contributed by atoms with van der Waals surface area (Å²) in [6.07, 6.45) is 0. The number of nitrogens with one attached hydrogen (secondary N) is 3. The number of rotatable bonds is 4. The SMILES string of the molecule is CC(C)C(=O)Nc1ccc(C(=O)Nc2ccc3c(c2)C(=O)NC3=O)cc1. The summed E-state index contributed by atoms with van der Waals surface area (Å²) in [5.41, 5.74) is 1.94. The van der Waals surface area contributed by atoms with E-state index >= 15 is 0 Å². The Hall–Kier alpha value is -3.48. The van der Waals surface area contributed by atoms with Crippen LogP contribution in [0.2, 0.25) is 0 Å². The largest absolute Gasteiger partial charge is 0.326 e. The normalized spacial score (nSPS) is 12.6. The van der Waals surface area contributed by atoms with Gasteiger partial charge in [0.05, 0.1) is 11.1 Å². The molecule has 0 fully saturated rings. The van der Waals surface area contributed by atoms with Crippen molar-refractivity contribution >= 4 is 35.0 Å². The lowest BCUT2D eigenvalue weighted by Crippen LogP contribution is -2.19. The van der Waals surface area contributed by atoms with E-state index in [1.165, 1.54) is 12.1 Å². The summed E-state index contributed by atoms with van der Waals surface area (Å²) in [5, 5.41) is 7.63. The van der Waals surface area contributed by atoms with Gasteiger partial charge in [0.25, 0.3) is 17.7 Å². The van der Waals surface area contributed by atoms with Gasteiger partial charge < -0.3 is 10.6 Å². The van der Waals surface area contributed by atoms with Crippen LogP contribution in [0.1, 0.15) is 44.9 Å². The molecular weight excluding hydrogens is 334 g/mol. The van der Waals surface area contributed by atoms with Gasteiger partial charge in [-0.2, -0.15) is 0 Å². The molecule has 26 heavy (non-hydrogen) atoms. The Morgan fingerprint density at radius 1 is 0.846 bits per heavy atom. The molecule has 2 aromatic rings. The van der Waals surface area contributed by atoms with Crippen molar-refractivity contribution in [1.29, 1.82) is 0 Å². The highest BCUT2D eigenvalue weighted by molar-refractivity contribution is 6.22. The Morgan fingerprint density at radius 3 is 2.12 bits per heavy atom. The number of imide groups is 1. The van der Waals surface area contributed by atoms with Gasteiger partial charge in [0.2, 0.25) is 5.91 Å². The fourth-order valence-electron chi connectivity index (χ4n) is 2.44. The minimum absolute atomic E-state index is 0.104. The molecule has 0 unspecified atom stereocenters. The molecular formula is C19H17N3O4. The third kappa shape index (κ3) is 3.46. The Labute approximate surface area is 149 Å². The van der Waals surface area contributed by atoms with Crippen LogP contribution in [0.3, 0.4) is 0 Å². The molecule has 1 heterocycles. The van der Waals surface area contributed by atoms with E-state index in [0.717, 1.165) is 0 Å². The number of hydrogen-bond acceptors (Lipinski definition) is 4. The Kier molecular flexibility index (Phi) is 4.53. The second kappa shape index (κ2) is 6.79. The van der Waals surface area contributed by atoms with E-state index in [1.807, 2.05) is 0 Å². The minimum atomic E-state index is -0.480. The molecule has 3 rings (SSSR count). The molecule has 3 N–H and O–H groups in total. The van der Waals surface area contributed by atoms with Gasteiger partial charge in [-0.1, -0.05) is 13.8 Å². The first kappa shape index (κ1) is 17.3. The molecule has 0 bridgehead atoms. The van der Waals surface area contributed by atoms with Crippen molar-refractivity contribution < 1.29 is 19.2 Å². The van der Waals surface area contributed by atoms with Gasteiger partial charge in [0.15, 0.2) is 0 Å². The molecule has 132 valence electrons. The Morgan fingerprint density at radius 2 is 1.46 bits per heavy atom. The topological polar surface area (TPSA) is 104 Å². The molecule has 0 atom stereocenters. The molecule has 7 nitrogen and oxygen atoms in total. The third-order valence-electron chi connectivity index (χ3n) is 3.93. The predicted octanol–water partition coefficient (Wildman–Crippen LogP) is 2.42. The maximum Gasteiger partial charge on any atom is 0.259 e. The van der Waals surface area contributed by atoms with E-state index in [-0.39, 0.29) is 23.3 Å². The lowest BCUT2D eigenvalue weighted by Gasteiger charge is -2.09. The van der Waals surface area contributed by atoms with Crippen LogP contribution in [0.25, 0.3) is 0 Å². The molecule has 2 aromatic carbocycles. The van der Waals surface area contributed by atoms with Crippen LogP contribution in [-0.4, -0.2) is 23.6 Å². The fraction of sp³-hybridized carbons (Fsp3) is 0.158. The molecule has 0 saturated heterocycles. The zero-order valence-electron chi connectivity index (χ0n) is 14.3. The van der Waals surface area contributed by atoms with Crippen molar-refractivity contribution in [3.8, 4) is 0 Å². The van der Waals surface area contributed by atoms with Gasteiger partial charge in [-0.05, 0) is 42.5 Å². The van der Waals surface area contributed by atoms with Gasteiger partial charge in [-0.15, -0.1) is 0 Å². The molecule has 1 aliphatic rings. The van der Waals surface area contributed by atoms with Crippen molar-refractivity contribution in [2.24, 2.45) is 5.92 Å². The van der Waals surface area contributed by atoms with E-state index in [0.29, 0.717) is 22.5 Å². The number of hydrogen-bond donors (Lipinski definition) is 3. The lowest BCUT2D eigenvalue weighted by atomic mass is 10.1. The van der Waals surface area contributed by atoms with Crippen molar-refractivity contribution in [3.05, 3.63) is 59.2 Å². The van der Waals surface area contributed by atoms with Crippen LogP contribution in [0.4, 0.5) is 11.4 Å². The number of anilines is 2. The van der Waals surface area contributed by atoms with Crippen LogP contribution in [0.15, 0.2) is 42.5 Å². The molecule has 7 heteroatoms. The average Bonchev–Trinajstić information content (AvgIpc) is 2.89. The summed E-state index contributed by atoms with van der Waals surface area (Å²) < 4.78 is 0. The third-order valence-corrected chi connectivity index (χ3v) is 3.93. The molecule has 0 aliphatic carbocycles. The predicted molar refractivity (Wildman–Crippen MR) is 96.1 cm³/mol. The first-order valence-electron chi connectivity index (χ1n) is 8.07. The standard InChI is InChI=1S/C19H17N3O4/c1-10(2)16(23)20-12-5-3-11(4-6-12)17(24)21-13-7-8-14-15(9-13)19(26)22-18(14)25/h3-10H,1-2H3,(H,20,23)(H,21,24)(H,22,25,26). The molecule has 1 aliphatic heterocycles. The number of carbonyl (C=O) groups excluding carboxylic acids is 4. The van der Waals surface area contributed by atoms with Gasteiger partial charge in [-0.3, -0.25) is 24.5 Å². The average molecular weight is 351 g/mol. The van der Waals surface area contributed by atoms with Gasteiger partial charge in [-0.25, -0.2) is 0 Å². The highest BCUT2D eigenvalue weighted by Crippen LogP contribution is 2.21. The van der Waals surface area contributed by atoms with Crippen molar-refractivity contribution in [2.75, 3.05) is 10.6 Å². The zero-order chi connectivity index (χ0) is 18.8. The van der Waals surface area contributed by atoms with Crippen molar-refractivity contribution in [1.82, 2.24) is 5.32 Å². The first-order valence-corrected chi connectivity index (χ1v) is 8.07. The van der Waals surface area contributed by atoms with Crippen LogP contribution in [-0.2, 0) is 4.79 Å². The first-order chi connectivity index (χ1) is 12.3. The van der Waals surface area contributed by atoms with Crippen molar-refractivity contribution in [3.63, 3.8) is 0 Å². The van der Waals surface area contributed by atoms with E-state index in [2.05, 4.69) is 16.0 Å². The molecule has 0 aromatic heterocycles. The van der Waals surface area contributed by atoms with Crippen LogP contribution < -0.4 is 16.0 Å². The van der Waals surface area contributed by atoms with Gasteiger partial charge in [0.1, 0.15) is 0 Å². The highest BCUT2D eigenvalue weighted by atomic mass is 16.2. The lowest BCUT2D eigenvalue weighted by molar-refractivity contribution is -0.118. The van der Waals surface area contributed by atoms with Crippen molar-refractivity contribution in [2.45, 2.75) is 13.8 Å². The molecule has 0 radical (unpaired) electrons. The maximum absolute atomic E-state index is 12.3.